The van der Waals surface area contributed by atoms with Crippen molar-refractivity contribution in [1.29, 1.82) is 0 Å². The van der Waals surface area contributed by atoms with Crippen LogP contribution in [0.3, 0.4) is 0 Å². The second-order valence-corrected chi connectivity index (χ2v) is 12.2. The van der Waals surface area contributed by atoms with Crippen LogP contribution < -0.4 is 25.7 Å². The quantitative estimate of drug-likeness (QED) is 0.125. The molecule has 2 atom stereocenters. The average molecular weight is 797 g/mol. The van der Waals surface area contributed by atoms with Gasteiger partial charge in [-0.1, -0.05) is 36.9 Å². The monoisotopic (exact) mass is 796 g/mol. The molecule has 3 aromatic carbocycles. The Morgan fingerprint density at radius 3 is 1.79 bits per heavy atom. The summed E-state index contributed by atoms with van der Waals surface area (Å²) in [5.74, 6) is -2.69. The molecule has 0 saturated carbocycles. The van der Waals surface area contributed by atoms with E-state index in [1.165, 1.54) is 79.7 Å². The molecule has 2 amide bonds. The predicted molar refractivity (Wildman–Crippen MR) is 188 cm³/mol. The third-order valence-electron chi connectivity index (χ3n) is 8.61. The Labute approximate surface area is 315 Å². The summed E-state index contributed by atoms with van der Waals surface area (Å²) in [5.41, 5.74) is 9.49. The molecule has 4 N–H and O–H groups in total. The number of alkyl halides is 4. The van der Waals surface area contributed by atoms with E-state index in [1.807, 2.05) is 0 Å². The van der Waals surface area contributed by atoms with Gasteiger partial charge < -0.3 is 25.7 Å². The predicted octanol–water partition coefficient (Wildman–Crippen LogP) is 6.93. The van der Waals surface area contributed by atoms with Crippen LogP contribution in [0.5, 0.6) is 17.2 Å². The average Bonchev–Trinajstić information content (AvgIpc) is 3.50. The first kappa shape index (κ1) is 42.6. The van der Waals surface area contributed by atoms with Gasteiger partial charge in [-0.25, -0.2) is 18.8 Å². The lowest BCUT2D eigenvalue weighted by Gasteiger charge is -2.26. The molecule has 11 nitrogen and oxygen atoms in total. The number of rotatable bonds is 15. The van der Waals surface area contributed by atoms with Crippen molar-refractivity contribution in [1.82, 2.24) is 9.80 Å². The molecular weight excluding hydrogens is 760 g/mol. The SMILES string of the molecule is C=C(F)CCCC1(c2ccc(OC(F)F)cc2)N=C(N)N(C)C1=O.CN1C(=O)C(c2ccc(OC(F)F)cc2)(c2ccc(F)c(OCCC=C(F)F)c2)N=C1N. The number of hydrogen-bond acceptors (Lipinski definition) is 9. The molecule has 300 valence electrons. The number of ether oxygens (including phenoxy) is 3. The van der Waals surface area contributed by atoms with E-state index in [0.717, 1.165) is 11.0 Å². The van der Waals surface area contributed by atoms with Crippen molar-refractivity contribution in [2.75, 3.05) is 20.7 Å². The Hall–Kier alpha value is -6.14. The van der Waals surface area contributed by atoms with Crippen LogP contribution in [0.15, 0.2) is 101 Å². The van der Waals surface area contributed by atoms with E-state index in [2.05, 4.69) is 26.0 Å². The fraction of sp³-hybridized carbons (Fsp3) is 0.297. The highest BCUT2D eigenvalue weighted by Gasteiger charge is 2.50. The maximum atomic E-state index is 14.3. The number of halogens is 8. The fourth-order valence-corrected chi connectivity index (χ4v) is 5.88. The van der Waals surface area contributed by atoms with Gasteiger partial charge in [0.25, 0.3) is 17.9 Å². The molecular formula is C37H36F8N6O5. The molecule has 5 rings (SSSR count). The molecule has 0 aromatic heterocycles. The third kappa shape index (κ3) is 9.56. The zero-order chi connectivity index (χ0) is 41.4. The summed E-state index contributed by atoms with van der Waals surface area (Å²) >= 11 is 0. The lowest BCUT2D eigenvalue weighted by Crippen LogP contribution is -2.41. The molecule has 0 spiro atoms. The van der Waals surface area contributed by atoms with E-state index in [0.29, 0.717) is 18.1 Å². The van der Waals surface area contributed by atoms with Crippen molar-refractivity contribution in [3.63, 3.8) is 0 Å². The van der Waals surface area contributed by atoms with E-state index in [4.69, 9.17) is 16.2 Å². The van der Waals surface area contributed by atoms with Crippen LogP contribution in [-0.4, -0.2) is 67.5 Å². The van der Waals surface area contributed by atoms with Gasteiger partial charge in [-0.2, -0.15) is 26.3 Å². The summed E-state index contributed by atoms with van der Waals surface area (Å²) < 4.78 is 115. The van der Waals surface area contributed by atoms with E-state index >= 15 is 0 Å². The van der Waals surface area contributed by atoms with E-state index < -0.39 is 47.9 Å². The summed E-state index contributed by atoms with van der Waals surface area (Å²) in [7, 11) is 2.89. The number of allylic oxidation sites excluding steroid dienone is 1. The molecule has 3 aromatic rings. The maximum absolute atomic E-state index is 14.3. The van der Waals surface area contributed by atoms with Crippen LogP contribution in [-0.2, 0) is 20.7 Å². The minimum atomic E-state index is -3.03. The number of likely N-dealkylation sites (N-methyl/N-ethyl adjacent to an activating group) is 2. The lowest BCUT2D eigenvalue weighted by atomic mass is 9.82. The number of carbonyl (C=O) groups is 2. The molecule has 19 heteroatoms. The molecule has 0 saturated heterocycles. The van der Waals surface area contributed by atoms with Crippen molar-refractivity contribution in [3.8, 4) is 17.2 Å². The number of carbonyl (C=O) groups excluding carboxylic acids is 2. The van der Waals surface area contributed by atoms with Gasteiger partial charge in [0.2, 0.25) is 0 Å². The molecule has 56 heavy (non-hydrogen) atoms. The Balaban J connectivity index is 0.000000259. The zero-order valence-electron chi connectivity index (χ0n) is 29.8. The number of nitrogens with zero attached hydrogens (tertiary/aromatic N) is 4. The van der Waals surface area contributed by atoms with Crippen LogP contribution >= 0.6 is 0 Å². The zero-order valence-corrected chi connectivity index (χ0v) is 29.8. The molecule has 0 fully saturated rings. The summed E-state index contributed by atoms with van der Waals surface area (Å²) in [5, 5.41) is 0. The molecule has 2 unspecified atom stereocenters. The van der Waals surface area contributed by atoms with Crippen molar-refractivity contribution in [2.24, 2.45) is 21.5 Å². The molecule has 2 aliphatic heterocycles. The first-order chi connectivity index (χ1) is 26.4. The maximum Gasteiger partial charge on any atom is 0.387 e. The van der Waals surface area contributed by atoms with Gasteiger partial charge in [-0.3, -0.25) is 19.4 Å². The lowest BCUT2D eigenvalue weighted by molar-refractivity contribution is -0.131. The standard InChI is InChI=1S/C21H18F5N3O3.C16H18F3N3O2/c1-29-18(30)21(28-20(29)27,12-4-7-14(8-5-12)32-19(25)26)13-6-9-15(22)16(11-13)31-10-2-3-17(23)24;1-10(17)4-3-9-16(13(23)22(2)15(20)21-16)11-5-7-12(8-6-11)24-14(18)19/h3-9,11,19H,2,10H2,1H3,(H2,27,28);5-8,14H,1,3-4,9H2,2H3,(H2,20,21). The highest BCUT2D eigenvalue weighted by molar-refractivity contribution is 6.09. The van der Waals surface area contributed by atoms with Crippen LogP contribution in [0.25, 0.3) is 0 Å². The molecule has 0 aliphatic carbocycles. The van der Waals surface area contributed by atoms with Crippen LogP contribution in [0.1, 0.15) is 42.4 Å². The Morgan fingerprint density at radius 1 is 0.804 bits per heavy atom. The summed E-state index contributed by atoms with van der Waals surface area (Å²) in [6.45, 7) is -3.00. The second-order valence-electron chi connectivity index (χ2n) is 12.2. The smallest absolute Gasteiger partial charge is 0.387 e. The number of hydrogen-bond donors (Lipinski definition) is 2. The minimum Gasteiger partial charge on any atom is -0.490 e. The van der Waals surface area contributed by atoms with Crippen LogP contribution in [0.4, 0.5) is 35.1 Å². The second kappa shape index (κ2) is 18.0. The highest BCUT2D eigenvalue weighted by atomic mass is 19.3. The molecule has 0 radical (unpaired) electrons. The van der Waals surface area contributed by atoms with Crippen molar-refractivity contribution < 1.29 is 58.9 Å². The van der Waals surface area contributed by atoms with Gasteiger partial charge in [0.15, 0.2) is 34.6 Å². The molecule has 2 heterocycles. The van der Waals surface area contributed by atoms with E-state index in [9.17, 15) is 44.7 Å². The van der Waals surface area contributed by atoms with E-state index in [1.54, 1.807) is 0 Å². The fourth-order valence-electron chi connectivity index (χ4n) is 5.88. The Morgan fingerprint density at radius 2 is 1.32 bits per heavy atom. The number of nitrogens with two attached hydrogens (primary N) is 2. The number of benzene rings is 3. The third-order valence-corrected chi connectivity index (χ3v) is 8.61. The van der Waals surface area contributed by atoms with Gasteiger partial charge in [0.05, 0.1) is 12.4 Å². The van der Waals surface area contributed by atoms with Crippen molar-refractivity contribution in [3.05, 3.63) is 114 Å². The molecule has 2 aliphatic rings. The number of aliphatic imine (C=N–C) groups is 2. The van der Waals surface area contributed by atoms with Crippen LogP contribution in [0, 0.1) is 5.82 Å². The van der Waals surface area contributed by atoms with Crippen molar-refractivity contribution >= 4 is 23.7 Å². The van der Waals surface area contributed by atoms with Gasteiger partial charge in [-0.15, -0.1) is 0 Å². The Kier molecular flexibility index (Phi) is 13.7. The number of guanidine groups is 2. The van der Waals surface area contributed by atoms with Gasteiger partial charge in [0.1, 0.15) is 11.5 Å². The largest absolute Gasteiger partial charge is 0.490 e. The summed E-state index contributed by atoms with van der Waals surface area (Å²) in [6.07, 6.45) is -0.760. The molecule has 0 bridgehead atoms. The van der Waals surface area contributed by atoms with Crippen LogP contribution in [0.2, 0.25) is 0 Å². The topological polar surface area (TPSA) is 145 Å². The van der Waals surface area contributed by atoms with Gasteiger partial charge >= 0.3 is 13.2 Å². The van der Waals surface area contributed by atoms with Gasteiger partial charge in [0, 0.05) is 20.5 Å². The van der Waals surface area contributed by atoms with Gasteiger partial charge in [-0.05, 0) is 78.4 Å². The summed E-state index contributed by atoms with van der Waals surface area (Å²) in [4.78, 5) is 36.7. The summed E-state index contributed by atoms with van der Waals surface area (Å²) in [6, 6.07) is 14.4. The first-order valence-electron chi connectivity index (χ1n) is 16.6. The highest BCUT2D eigenvalue weighted by Crippen LogP contribution is 2.42. The first-order valence-corrected chi connectivity index (χ1v) is 16.6. The normalized spacial score (nSPS) is 19.1. The van der Waals surface area contributed by atoms with E-state index in [-0.39, 0.29) is 72.1 Å². The minimum absolute atomic E-state index is 0.0308. The number of amides is 2. The Bertz CT molecular complexity index is 1990. The van der Waals surface area contributed by atoms with Crippen molar-refractivity contribution in [2.45, 2.75) is 50.0 Å².